The summed E-state index contributed by atoms with van der Waals surface area (Å²) in [7, 11) is -0.934. The molecule has 22 heavy (non-hydrogen) atoms. The second-order valence-electron chi connectivity index (χ2n) is 7.68. The molecule has 0 radical (unpaired) electrons. The summed E-state index contributed by atoms with van der Waals surface area (Å²) in [5.74, 6) is 0. The molecule has 0 saturated heterocycles. The molecular weight excluding hydrogens is 283 g/mol. The predicted molar refractivity (Wildman–Crippen MR) is 111 cm³/mol. The van der Waals surface area contributed by atoms with Crippen molar-refractivity contribution in [2.24, 2.45) is 0 Å². The first-order valence-corrected chi connectivity index (χ1v) is 13.6. The van der Waals surface area contributed by atoms with Crippen molar-refractivity contribution in [1.82, 2.24) is 0 Å². The van der Waals surface area contributed by atoms with Gasteiger partial charge in [0.05, 0.1) is 0 Å². The van der Waals surface area contributed by atoms with Gasteiger partial charge in [-0.25, -0.2) is 0 Å². The Hall–Kier alpha value is 0.430. The summed E-state index contributed by atoms with van der Waals surface area (Å²) in [4.78, 5) is 0. The number of hydrogen-bond acceptors (Lipinski definition) is 0. The van der Waals surface area contributed by atoms with Gasteiger partial charge in [-0.3, -0.25) is 0 Å². The number of rotatable bonds is 17. The molecule has 0 nitrogen and oxygen atoms in total. The summed E-state index contributed by atoms with van der Waals surface area (Å²) < 4.78 is 0. The maximum absolute atomic E-state index is 2.38. The van der Waals surface area contributed by atoms with E-state index < -0.39 is 7.26 Å². The van der Waals surface area contributed by atoms with Gasteiger partial charge >= 0.3 is 143 Å². The van der Waals surface area contributed by atoms with Crippen molar-refractivity contribution in [3.63, 3.8) is 0 Å². The SMILES string of the molecule is CCCCCCCCC[PH](CCCC)(CCCC)CCCC. The van der Waals surface area contributed by atoms with Gasteiger partial charge in [0.25, 0.3) is 0 Å². The molecule has 0 aromatic rings. The van der Waals surface area contributed by atoms with Crippen molar-refractivity contribution < 1.29 is 0 Å². The van der Waals surface area contributed by atoms with E-state index in [0.29, 0.717) is 0 Å². The van der Waals surface area contributed by atoms with Crippen LogP contribution in [0, 0.1) is 0 Å². The van der Waals surface area contributed by atoms with E-state index in [4.69, 9.17) is 0 Å². The Labute approximate surface area is 143 Å². The Morgan fingerprint density at radius 1 is 0.364 bits per heavy atom. The molecule has 0 N–H and O–H groups in total. The fourth-order valence-corrected chi connectivity index (χ4v) is 9.67. The van der Waals surface area contributed by atoms with Crippen LogP contribution in [0.3, 0.4) is 0 Å². The summed E-state index contributed by atoms with van der Waals surface area (Å²) >= 11 is 0. The zero-order chi connectivity index (χ0) is 16.5. The van der Waals surface area contributed by atoms with E-state index in [2.05, 4.69) is 27.7 Å². The summed E-state index contributed by atoms with van der Waals surface area (Å²) in [5.41, 5.74) is 0. The number of hydrogen-bond donors (Lipinski definition) is 0. The van der Waals surface area contributed by atoms with E-state index in [0.717, 1.165) is 0 Å². The first-order valence-electron chi connectivity index (χ1n) is 10.7. The Balaban J connectivity index is 4.21. The third-order valence-electron chi connectivity index (χ3n) is 5.49. The van der Waals surface area contributed by atoms with Crippen molar-refractivity contribution in [3.8, 4) is 0 Å². The van der Waals surface area contributed by atoms with Crippen LogP contribution >= 0.6 is 7.26 Å². The van der Waals surface area contributed by atoms with E-state index >= 15 is 0 Å². The van der Waals surface area contributed by atoms with Crippen LogP contribution in [0.5, 0.6) is 0 Å². The van der Waals surface area contributed by atoms with Gasteiger partial charge in [-0.2, -0.15) is 0 Å². The molecule has 0 saturated carbocycles. The molecule has 0 aliphatic rings. The predicted octanol–water partition coefficient (Wildman–Crippen LogP) is 7.89. The summed E-state index contributed by atoms with van der Waals surface area (Å²) in [6, 6.07) is 0. The van der Waals surface area contributed by atoms with Gasteiger partial charge in [0.15, 0.2) is 0 Å². The third-order valence-corrected chi connectivity index (χ3v) is 11.1. The molecule has 0 fully saturated rings. The first kappa shape index (κ1) is 22.4. The van der Waals surface area contributed by atoms with Gasteiger partial charge in [0.1, 0.15) is 0 Å². The molecule has 0 atom stereocenters. The zero-order valence-corrected chi connectivity index (χ0v) is 17.5. The molecule has 0 heterocycles. The molecule has 0 rings (SSSR count). The number of unbranched alkanes of at least 4 members (excludes halogenated alkanes) is 9. The standard InChI is InChI=1S/C21H47P/c1-5-9-13-14-15-16-17-21-22(18-10-6-2,19-11-7-3)20-12-8-4/h22H,5-21H2,1-4H3. The van der Waals surface area contributed by atoms with Crippen LogP contribution in [0.4, 0.5) is 0 Å². The minimum atomic E-state index is -0.934. The quantitative estimate of drug-likeness (QED) is 0.188. The van der Waals surface area contributed by atoms with Crippen molar-refractivity contribution in [2.75, 3.05) is 24.6 Å². The monoisotopic (exact) mass is 330 g/mol. The summed E-state index contributed by atoms with van der Waals surface area (Å²) in [5, 5.41) is 0. The Kier molecular flexibility index (Phi) is 16.6. The molecule has 0 spiro atoms. The van der Waals surface area contributed by atoms with Gasteiger partial charge in [0, 0.05) is 0 Å². The first-order chi connectivity index (χ1) is 10.7. The molecule has 1 heteroatoms. The fourth-order valence-electron chi connectivity index (χ4n) is 3.86. The second kappa shape index (κ2) is 16.3. The van der Waals surface area contributed by atoms with E-state index in [-0.39, 0.29) is 0 Å². The molecule has 0 aromatic carbocycles. The van der Waals surface area contributed by atoms with Gasteiger partial charge in [-0.1, -0.05) is 0 Å². The van der Waals surface area contributed by atoms with E-state index in [1.165, 1.54) is 77.0 Å². The molecule has 0 unspecified atom stereocenters. The average molecular weight is 331 g/mol. The molecule has 136 valence electrons. The molecule has 0 aliphatic heterocycles. The van der Waals surface area contributed by atoms with Crippen molar-refractivity contribution in [2.45, 2.75) is 111 Å². The van der Waals surface area contributed by atoms with Crippen LogP contribution in [0.25, 0.3) is 0 Å². The normalized spacial score (nSPS) is 12.7. The Morgan fingerprint density at radius 2 is 0.682 bits per heavy atom. The average Bonchev–Trinajstić information content (AvgIpc) is 2.55. The maximum atomic E-state index is 2.38. The Bertz CT molecular complexity index is 190. The summed E-state index contributed by atoms with van der Waals surface area (Å²) in [6.07, 6.45) is 25.7. The molecule has 0 aliphatic carbocycles. The van der Waals surface area contributed by atoms with Crippen LogP contribution in [0.1, 0.15) is 111 Å². The van der Waals surface area contributed by atoms with Gasteiger partial charge in [-0.15, -0.1) is 0 Å². The summed E-state index contributed by atoms with van der Waals surface area (Å²) in [6.45, 7) is 9.46. The second-order valence-corrected chi connectivity index (χ2v) is 12.7. The van der Waals surface area contributed by atoms with E-state index in [1.807, 2.05) is 0 Å². The van der Waals surface area contributed by atoms with Crippen LogP contribution in [-0.2, 0) is 0 Å². The van der Waals surface area contributed by atoms with Crippen molar-refractivity contribution in [3.05, 3.63) is 0 Å². The van der Waals surface area contributed by atoms with Crippen LogP contribution < -0.4 is 0 Å². The molecular formula is C21H47P. The van der Waals surface area contributed by atoms with E-state index in [1.54, 1.807) is 31.1 Å². The topological polar surface area (TPSA) is 0 Å². The van der Waals surface area contributed by atoms with E-state index in [9.17, 15) is 0 Å². The minimum absolute atomic E-state index is 0.934. The third kappa shape index (κ3) is 11.9. The van der Waals surface area contributed by atoms with Crippen molar-refractivity contribution >= 4 is 7.26 Å². The fraction of sp³-hybridized carbons (Fsp3) is 1.00. The van der Waals surface area contributed by atoms with Crippen LogP contribution in [0.15, 0.2) is 0 Å². The molecule has 0 bridgehead atoms. The molecule has 0 aromatic heterocycles. The van der Waals surface area contributed by atoms with Gasteiger partial charge in [-0.05, 0) is 0 Å². The van der Waals surface area contributed by atoms with Crippen LogP contribution in [0.2, 0.25) is 0 Å². The zero-order valence-electron chi connectivity index (χ0n) is 16.5. The molecule has 0 amide bonds. The van der Waals surface area contributed by atoms with Gasteiger partial charge in [0.2, 0.25) is 0 Å². The van der Waals surface area contributed by atoms with Crippen LogP contribution in [-0.4, -0.2) is 24.6 Å². The Morgan fingerprint density at radius 3 is 1.09 bits per heavy atom. The van der Waals surface area contributed by atoms with Gasteiger partial charge < -0.3 is 0 Å². The van der Waals surface area contributed by atoms with Crippen molar-refractivity contribution in [1.29, 1.82) is 0 Å².